The van der Waals surface area contributed by atoms with Gasteiger partial charge in [-0.05, 0) is 36.5 Å². The van der Waals surface area contributed by atoms with Gasteiger partial charge in [-0.1, -0.05) is 32.0 Å². The van der Waals surface area contributed by atoms with E-state index in [1.807, 2.05) is 11.3 Å². The van der Waals surface area contributed by atoms with Crippen molar-refractivity contribution >= 4 is 21.4 Å². The van der Waals surface area contributed by atoms with E-state index in [0.717, 1.165) is 19.6 Å². The van der Waals surface area contributed by atoms with Crippen LogP contribution in [0.25, 0.3) is 10.1 Å². The summed E-state index contributed by atoms with van der Waals surface area (Å²) in [5.41, 5.74) is 7.34. The number of nitrogens with zero attached hydrogens (tertiary/aromatic N) is 1. The molecule has 0 amide bonds. The average Bonchev–Trinajstić information content (AvgIpc) is 2.76. The van der Waals surface area contributed by atoms with Gasteiger partial charge in [0.05, 0.1) is 0 Å². The zero-order valence-electron chi connectivity index (χ0n) is 11.3. The first-order valence-electron chi connectivity index (χ1n) is 6.71. The number of rotatable bonds is 6. The topological polar surface area (TPSA) is 29.3 Å². The third-order valence-electron chi connectivity index (χ3n) is 3.34. The van der Waals surface area contributed by atoms with Gasteiger partial charge in [0.1, 0.15) is 0 Å². The quantitative estimate of drug-likeness (QED) is 0.862. The van der Waals surface area contributed by atoms with Crippen molar-refractivity contribution in [3.63, 3.8) is 0 Å². The minimum absolute atomic E-state index is 0.651. The van der Waals surface area contributed by atoms with E-state index in [2.05, 4.69) is 43.0 Å². The van der Waals surface area contributed by atoms with Gasteiger partial charge in [0.15, 0.2) is 0 Å². The number of hydrogen-bond acceptors (Lipinski definition) is 3. The second-order valence-electron chi connectivity index (χ2n) is 4.57. The van der Waals surface area contributed by atoms with Gasteiger partial charge >= 0.3 is 0 Å². The number of thiophene rings is 1. The molecule has 18 heavy (non-hydrogen) atoms. The lowest BCUT2D eigenvalue weighted by Crippen LogP contribution is -2.24. The van der Waals surface area contributed by atoms with Gasteiger partial charge in [-0.3, -0.25) is 4.90 Å². The molecule has 0 aliphatic carbocycles. The molecule has 0 fully saturated rings. The van der Waals surface area contributed by atoms with Gasteiger partial charge in [-0.15, -0.1) is 11.3 Å². The normalized spacial score (nSPS) is 11.6. The molecule has 1 aromatic carbocycles. The molecule has 2 nitrogen and oxygen atoms in total. The minimum atomic E-state index is 0.651. The Labute approximate surface area is 113 Å². The first-order valence-corrected chi connectivity index (χ1v) is 7.53. The fourth-order valence-electron chi connectivity index (χ4n) is 2.38. The average molecular weight is 262 g/mol. The third-order valence-corrected chi connectivity index (χ3v) is 4.57. The summed E-state index contributed by atoms with van der Waals surface area (Å²) in [7, 11) is 0. The molecule has 0 atom stereocenters. The van der Waals surface area contributed by atoms with E-state index in [-0.39, 0.29) is 0 Å². The fourth-order valence-corrected chi connectivity index (χ4v) is 3.47. The van der Waals surface area contributed by atoms with Crippen LogP contribution in [0.15, 0.2) is 24.3 Å². The van der Waals surface area contributed by atoms with Crippen LogP contribution in [0.2, 0.25) is 0 Å². The van der Waals surface area contributed by atoms with Crippen molar-refractivity contribution in [3.8, 4) is 0 Å². The highest BCUT2D eigenvalue weighted by molar-refractivity contribution is 7.19. The molecular weight excluding hydrogens is 240 g/mol. The van der Waals surface area contributed by atoms with Crippen LogP contribution in [0, 0.1) is 0 Å². The summed E-state index contributed by atoms with van der Waals surface area (Å²) in [6.45, 7) is 8.40. The molecule has 0 saturated carbocycles. The number of nitrogens with two attached hydrogens (primary N) is 1. The second kappa shape index (κ2) is 6.32. The van der Waals surface area contributed by atoms with Crippen molar-refractivity contribution in [2.24, 2.45) is 5.73 Å². The van der Waals surface area contributed by atoms with E-state index < -0.39 is 0 Å². The van der Waals surface area contributed by atoms with Crippen LogP contribution >= 0.6 is 11.3 Å². The molecule has 0 radical (unpaired) electrons. The van der Waals surface area contributed by atoms with Crippen molar-refractivity contribution < 1.29 is 0 Å². The molecule has 0 unspecified atom stereocenters. The van der Waals surface area contributed by atoms with Crippen molar-refractivity contribution in [2.75, 3.05) is 13.1 Å². The highest BCUT2D eigenvalue weighted by Crippen LogP contribution is 2.31. The predicted molar refractivity (Wildman–Crippen MR) is 81.0 cm³/mol. The van der Waals surface area contributed by atoms with Crippen LogP contribution in [0.1, 0.15) is 30.7 Å². The first-order chi connectivity index (χ1) is 8.80. The summed E-state index contributed by atoms with van der Waals surface area (Å²) in [6, 6.07) is 8.64. The van der Waals surface area contributed by atoms with E-state index in [1.54, 1.807) is 0 Å². The molecule has 2 rings (SSSR count). The number of hydrogen-bond donors (Lipinski definition) is 1. The largest absolute Gasteiger partial charge is 0.326 e. The van der Waals surface area contributed by atoms with E-state index in [4.69, 9.17) is 5.73 Å². The standard InChI is InChI=1S/C15H22N2S/c1-3-9-17(4-2)11-13-12-7-5-6-8-14(12)18-15(13)10-16/h5-8H,3-4,9-11,16H2,1-2H3. The second-order valence-corrected chi connectivity index (χ2v) is 5.71. The summed E-state index contributed by atoms with van der Waals surface area (Å²) in [5.74, 6) is 0. The number of fused-ring (bicyclic) bond motifs is 1. The first kappa shape index (κ1) is 13.5. The minimum Gasteiger partial charge on any atom is -0.326 e. The lowest BCUT2D eigenvalue weighted by Gasteiger charge is -2.20. The maximum absolute atomic E-state index is 5.90. The van der Waals surface area contributed by atoms with Gasteiger partial charge in [0.25, 0.3) is 0 Å². The Morgan fingerprint density at radius 3 is 2.67 bits per heavy atom. The Balaban J connectivity index is 2.35. The highest BCUT2D eigenvalue weighted by atomic mass is 32.1. The van der Waals surface area contributed by atoms with Gasteiger partial charge in [0.2, 0.25) is 0 Å². The maximum atomic E-state index is 5.90. The Kier molecular flexibility index (Phi) is 4.75. The van der Waals surface area contributed by atoms with Gasteiger partial charge in [0, 0.05) is 22.7 Å². The van der Waals surface area contributed by atoms with E-state index >= 15 is 0 Å². The summed E-state index contributed by atoms with van der Waals surface area (Å²) in [5, 5.41) is 1.39. The summed E-state index contributed by atoms with van der Waals surface area (Å²) < 4.78 is 1.36. The van der Waals surface area contributed by atoms with Crippen molar-refractivity contribution in [2.45, 2.75) is 33.4 Å². The Bertz CT molecular complexity index is 504. The molecule has 1 aromatic heterocycles. The molecule has 0 aliphatic heterocycles. The predicted octanol–water partition coefficient (Wildman–Crippen LogP) is 3.59. The zero-order valence-corrected chi connectivity index (χ0v) is 12.1. The fraction of sp³-hybridized carbons (Fsp3) is 0.467. The highest BCUT2D eigenvalue weighted by Gasteiger charge is 2.13. The SMILES string of the molecule is CCCN(CC)Cc1c(CN)sc2ccccc12. The van der Waals surface area contributed by atoms with Crippen LogP contribution in [0.4, 0.5) is 0 Å². The summed E-state index contributed by atoms with van der Waals surface area (Å²) in [6.07, 6.45) is 1.20. The van der Waals surface area contributed by atoms with Crippen LogP contribution < -0.4 is 5.73 Å². The molecular formula is C15H22N2S. The van der Waals surface area contributed by atoms with Crippen molar-refractivity contribution in [1.82, 2.24) is 4.90 Å². The number of benzene rings is 1. The molecule has 0 bridgehead atoms. The van der Waals surface area contributed by atoms with E-state index in [0.29, 0.717) is 6.54 Å². The molecule has 98 valence electrons. The van der Waals surface area contributed by atoms with E-state index in [9.17, 15) is 0 Å². The van der Waals surface area contributed by atoms with Crippen LogP contribution in [0.3, 0.4) is 0 Å². The van der Waals surface area contributed by atoms with Gasteiger partial charge in [-0.25, -0.2) is 0 Å². The van der Waals surface area contributed by atoms with Gasteiger partial charge in [-0.2, -0.15) is 0 Å². The van der Waals surface area contributed by atoms with Crippen LogP contribution in [0.5, 0.6) is 0 Å². The zero-order chi connectivity index (χ0) is 13.0. The summed E-state index contributed by atoms with van der Waals surface area (Å²) >= 11 is 1.84. The van der Waals surface area contributed by atoms with E-state index in [1.165, 1.54) is 26.9 Å². The summed E-state index contributed by atoms with van der Waals surface area (Å²) in [4.78, 5) is 3.83. The van der Waals surface area contributed by atoms with Crippen LogP contribution in [-0.2, 0) is 13.1 Å². The monoisotopic (exact) mass is 262 g/mol. The lowest BCUT2D eigenvalue weighted by atomic mass is 10.1. The molecule has 2 aromatic rings. The molecule has 2 N–H and O–H groups in total. The maximum Gasteiger partial charge on any atom is 0.0349 e. The van der Waals surface area contributed by atoms with Crippen molar-refractivity contribution in [3.05, 3.63) is 34.7 Å². The smallest absolute Gasteiger partial charge is 0.0349 e. The third kappa shape index (κ3) is 2.74. The Hall–Kier alpha value is -0.900. The Morgan fingerprint density at radius 1 is 1.22 bits per heavy atom. The molecule has 0 aliphatic rings. The Morgan fingerprint density at radius 2 is 2.00 bits per heavy atom. The molecule has 0 saturated heterocycles. The van der Waals surface area contributed by atoms with Gasteiger partial charge < -0.3 is 5.73 Å². The van der Waals surface area contributed by atoms with Crippen LogP contribution in [-0.4, -0.2) is 18.0 Å². The van der Waals surface area contributed by atoms with Crippen molar-refractivity contribution in [1.29, 1.82) is 0 Å². The molecule has 0 spiro atoms. The lowest BCUT2D eigenvalue weighted by molar-refractivity contribution is 0.281. The molecule has 1 heterocycles. The molecule has 3 heteroatoms.